The molecule has 0 bridgehead atoms. The van der Waals surface area contributed by atoms with Crippen molar-refractivity contribution in [3.8, 4) is 0 Å². The zero-order valence-electron chi connectivity index (χ0n) is 11.0. The smallest absolute Gasteiger partial charge is 0.251 e. The van der Waals surface area contributed by atoms with Gasteiger partial charge < -0.3 is 5.32 Å². The van der Waals surface area contributed by atoms with Crippen LogP contribution in [0.5, 0.6) is 0 Å². The van der Waals surface area contributed by atoms with E-state index in [-0.39, 0.29) is 5.91 Å². The van der Waals surface area contributed by atoms with Crippen molar-refractivity contribution in [1.82, 2.24) is 5.32 Å². The molecular weight excluding hydrogens is 340 g/mol. The minimum atomic E-state index is -0.612. The Labute approximate surface area is 129 Å². The van der Waals surface area contributed by atoms with Crippen LogP contribution in [0.2, 0.25) is 0 Å². The number of fused-ring (bicyclic) bond motifs is 1. The largest absolute Gasteiger partial charge is 0.352 e. The molecule has 2 aromatic rings. The first-order chi connectivity index (χ1) is 10.1. The van der Waals surface area contributed by atoms with Crippen molar-refractivity contribution in [1.29, 1.82) is 0 Å². The second-order valence-corrected chi connectivity index (χ2v) is 5.87. The number of alkyl halides is 1. The van der Waals surface area contributed by atoms with E-state index in [0.29, 0.717) is 17.7 Å². The molecule has 1 unspecified atom stereocenters. The summed E-state index contributed by atoms with van der Waals surface area (Å²) in [7, 11) is 0. The van der Waals surface area contributed by atoms with E-state index < -0.39 is 16.5 Å². The third-order valence-electron chi connectivity index (χ3n) is 3.59. The van der Waals surface area contributed by atoms with Gasteiger partial charge in [-0.25, -0.2) is 8.78 Å². The van der Waals surface area contributed by atoms with Crippen LogP contribution < -0.4 is 5.32 Å². The van der Waals surface area contributed by atoms with Crippen molar-refractivity contribution in [3.05, 3.63) is 70.3 Å². The number of halogens is 3. The molecule has 108 valence electrons. The first-order valence-corrected chi connectivity index (χ1v) is 7.48. The van der Waals surface area contributed by atoms with E-state index in [4.69, 9.17) is 0 Å². The summed E-state index contributed by atoms with van der Waals surface area (Å²) in [6.45, 7) is 0.634. The third-order valence-corrected chi connectivity index (χ3v) is 4.61. The van der Waals surface area contributed by atoms with Crippen LogP contribution in [-0.2, 0) is 6.42 Å². The molecule has 0 aromatic heterocycles. The number of carbonyl (C=O) groups excluding carboxylic acids is 1. The summed E-state index contributed by atoms with van der Waals surface area (Å²) < 4.78 is 26.8. The minimum Gasteiger partial charge on any atom is -0.352 e. The molecule has 2 nitrogen and oxygen atoms in total. The van der Waals surface area contributed by atoms with Crippen molar-refractivity contribution >= 4 is 21.8 Å². The molecule has 3 rings (SSSR count). The van der Waals surface area contributed by atoms with Crippen LogP contribution in [0.4, 0.5) is 8.78 Å². The Morgan fingerprint density at radius 1 is 1.14 bits per heavy atom. The van der Waals surface area contributed by atoms with Gasteiger partial charge in [-0.15, -0.1) is 0 Å². The van der Waals surface area contributed by atoms with Crippen molar-refractivity contribution in [3.63, 3.8) is 0 Å². The van der Waals surface area contributed by atoms with Gasteiger partial charge in [-0.05, 0) is 29.7 Å². The number of carbonyl (C=O) groups is 1. The summed E-state index contributed by atoms with van der Waals surface area (Å²) in [5.74, 6) is -1.34. The molecule has 1 aliphatic rings. The SMILES string of the molecule is O=C1NCCc2ccc(C(Br)c3ccc(F)cc3F)cc21. The van der Waals surface area contributed by atoms with Crippen molar-refractivity contribution in [2.45, 2.75) is 11.2 Å². The highest BCUT2D eigenvalue weighted by Gasteiger charge is 2.21. The maximum atomic E-state index is 13.9. The molecule has 1 N–H and O–H groups in total. The predicted octanol–water partition coefficient (Wildman–Crippen LogP) is 3.74. The average molecular weight is 352 g/mol. The lowest BCUT2D eigenvalue weighted by Gasteiger charge is -2.19. The van der Waals surface area contributed by atoms with Gasteiger partial charge in [0.05, 0.1) is 4.83 Å². The normalized spacial score (nSPS) is 15.3. The van der Waals surface area contributed by atoms with Crippen LogP contribution in [0.1, 0.15) is 31.9 Å². The number of hydrogen-bond acceptors (Lipinski definition) is 1. The van der Waals surface area contributed by atoms with E-state index in [1.54, 1.807) is 6.07 Å². The Kier molecular flexibility index (Phi) is 3.76. The fourth-order valence-corrected chi connectivity index (χ4v) is 3.13. The van der Waals surface area contributed by atoms with Gasteiger partial charge in [-0.3, -0.25) is 4.79 Å². The first-order valence-electron chi connectivity index (χ1n) is 6.56. The number of benzene rings is 2. The van der Waals surface area contributed by atoms with Gasteiger partial charge in [0.25, 0.3) is 5.91 Å². The highest BCUT2D eigenvalue weighted by atomic mass is 79.9. The van der Waals surface area contributed by atoms with Crippen LogP contribution in [0.3, 0.4) is 0 Å². The van der Waals surface area contributed by atoms with E-state index in [9.17, 15) is 13.6 Å². The maximum Gasteiger partial charge on any atom is 0.251 e. The monoisotopic (exact) mass is 351 g/mol. The summed E-state index contributed by atoms with van der Waals surface area (Å²) >= 11 is 3.42. The fourth-order valence-electron chi connectivity index (χ4n) is 2.47. The Morgan fingerprint density at radius 2 is 1.95 bits per heavy atom. The zero-order valence-corrected chi connectivity index (χ0v) is 12.6. The molecule has 1 amide bonds. The molecular formula is C16H12BrF2NO. The quantitative estimate of drug-likeness (QED) is 0.820. The molecule has 1 heterocycles. The van der Waals surface area contributed by atoms with Crippen LogP contribution >= 0.6 is 15.9 Å². The Bertz CT molecular complexity index is 717. The second-order valence-electron chi connectivity index (χ2n) is 4.95. The number of nitrogens with one attached hydrogen (secondary N) is 1. The van der Waals surface area contributed by atoms with E-state index in [0.717, 1.165) is 23.6 Å². The number of rotatable bonds is 2. The maximum absolute atomic E-state index is 13.9. The molecule has 0 saturated heterocycles. The van der Waals surface area contributed by atoms with Crippen molar-refractivity contribution in [2.24, 2.45) is 0 Å². The van der Waals surface area contributed by atoms with Gasteiger partial charge in [-0.2, -0.15) is 0 Å². The molecule has 0 radical (unpaired) electrons. The molecule has 0 spiro atoms. The van der Waals surface area contributed by atoms with Crippen LogP contribution in [0.25, 0.3) is 0 Å². The van der Waals surface area contributed by atoms with Crippen molar-refractivity contribution < 1.29 is 13.6 Å². The summed E-state index contributed by atoms with van der Waals surface area (Å²) in [5.41, 5.74) is 2.70. The number of hydrogen-bond donors (Lipinski definition) is 1. The Morgan fingerprint density at radius 3 is 2.71 bits per heavy atom. The van der Waals surface area contributed by atoms with Crippen molar-refractivity contribution in [2.75, 3.05) is 6.54 Å². The van der Waals surface area contributed by atoms with Gasteiger partial charge in [0, 0.05) is 23.7 Å². The van der Waals surface area contributed by atoms with Crippen LogP contribution in [0.15, 0.2) is 36.4 Å². The lowest BCUT2D eigenvalue weighted by atomic mass is 9.95. The van der Waals surface area contributed by atoms with Gasteiger partial charge >= 0.3 is 0 Å². The molecule has 1 atom stereocenters. The van der Waals surface area contributed by atoms with E-state index >= 15 is 0 Å². The average Bonchev–Trinajstić information content (AvgIpc) is 2.47. The highest BCUT2D eigenvalue weighted by Crippen LogP contribution is 2.34. The van der Waals surface area contributed by atoms with Crippen LogP contribution in [-0.4, -0.2) is 12.5 Å². The lowest BCUT2D eigenvalue weighted by Crippen LogP contribution is -2.31. The molecule has 0 aliphatic carbocycles. The first kappa shape index (κ1) is 14.2. The molecule has 5 heteroatoms. The fraction of sp³-hybridized carbons (Fsp3) is 0.188. The summed E-state index contributed by atoms with van der Waals surface area (Å²) in [5, 5.41) is 2.79. The summed E-state index contributed by atoms with van der Waals surface area (Å²) in [4.78, 5) is 11.4. The zero-order chi connectivity index (χ0) is 15.0. The second kappa shape index (κ2) is 5.56. The lowest BCUT2D eigenvalue weighted by molar-refractivity contribution is 0.0946. The van der Waals surface area contributed by atoms with E-state index in [1.807, 2.05) is 12.1 Å². The number of amides is 1. The van der Waals surface area contributed by atoms with Gasteiger partial charge in [0.1, 0.15) is 11.6 Å². The minimum absolute atomic E-state index is 0.114. The summed E-state index contributed by atoms with van der Waals surface area (Å²) in [6.07, 6.45) is 0.791. The van der Waals surface area contributed by atoms with Gasteiger partial charge in [0.15, 0.2) is 0 Å². The highest BCUT2D eigenvalue weighted by molar-refractivity contribution is 9.09. The third kappa shape index (κ3) is 2.70. The standard InChI is InChI=1S/C16H12BrF2NO/c17-15(12-4-3-11(18)8-14(12)19)10-2-1-9-5-6-20-16(21)13(9)7-10/h1-4,7-8,15H,5-6H2,(H,20,21). The van der Waals surface area contributed by atoms with E-state index in [1.165, 1.54) is 12.1 Å². The van der Waals surface area contributed by atoms with Gasteiger partial charge in [0.2, 0.25) is 0 Å². The molecule has 2 aromatic carbocycles. The van der Waals surface area contributed by atoms with E-state index in [2.05, 4.69) is 21.2 Å². The Balaban J connectivity index is 2.00. The molecule has 21 heavy (non-hydrogen) atoms. The van der Waals surface area contributed by atoms with Crippen LogP contribution in [0, 0.1) is 11.6 Å². The Hall–Kier alpha value is -1.75. The molecule has 0 saturated carbocycles. The van der Waals surface area contributed by atoms with Gasteiger partial charge in [-0.1, -0.05) is 34.1 Å². The topological polar surface area (TPSA) is 29.1 Å². The summed E-state index contributed by atoms with van der Waals surface area (Å²) in [6, 6.07) is 8.99. The molecule has 0 fully saturated rings. The predicted molar refractivity (Wildman–Crippen MR) is 79.6 cm³/mol. The molecule has 1 aliphatic heterocycles.